The second-order valence-electron chi connectivity index (χ2n) is 11.0. The van der Waals surface area contributed by atoms with Crippen molar-refractivity contribution in [3.05, 3.63) is 26.9 Å². The predicted molar refractivity (Wildman–Crippen MR) is 108 cm³/mol. The van der Waals surface area contributed by atoms with Crippen molar-refractivity contribution in [1.82, 2.24) is 9.13 Å². The molecule has 5 nitrogen and oxygen atoms in total. The van der Waals surface area contributed by atoms with Gasteiger partial charge in [0.25, 0.3) is 5.56 Å². The van der Waals surface area contributed by atoms with Gasteiger partial charge in [0.1, 0.15) is 0 Å². The van der Waals surface area contributed by atoms with Crippen LogP contribution in [-0.4, -0.2) is 14.2 Å². The number of aromatic hydroxyl groups is 1. The molecule has 1 N–H and O–H groups in total. The Balaban J connectivity index is 2.06. The van der Waals surface area contributed by atoms with Crippen molar-refractivity contribution in [2.24, 2.45) is 22.7 Å². The largest absolute Gasteiger partial charge is 0.494 e. The minimum absolute atomic E-state index is 0.0582. The Morgan fingerprint density at radius 1 is 0.852 bits per heavy atom. The van der Waals surface area contributed by atoms with Crippen molar-refractivity contribution in [3.63, 3.8) is 0 Å². The first-order valence-corrected chi connectivity index (χ1v) is 10.5. The third-order valence-corrected chi connectivity index (χ3v) is 6.61. The second kappa shape index (κ2) is 6.82. The Bertz CT molecular complexity index is 818. The lowest BCUT2D eigenvalue weighted by molar-refractivity contribution is 0.115. The highest BCUT2D eigenvalue weighted by Gasteiger charge is 2.37. The summed E-state index contributed by atoms with van der Waals surface area (Å²) < 4.78 is 2.94. The van der Waals surface area contributed by atoms with Gasteiger partial charge >= 0.3 is 5.69 Å². The van der Waals surface area contributed by atoms with Gasteiger partial charge in [0, 0.05) is 12.1 Å². The minimum atomic E-state index is -0.369. The van der Waals surface area contributed by atoms with Crippen LogP contribution in [0.1, 0.15) is 92.2 Å². The molecule has 2 aliphatic rings. The van der Waals surface area contributed by atoms with Crippen molar-refractivity contribution in [3.8, 4) is 5.88 Å². The van der Waals surface area contributed by atoms with E-state index < -0.39 is 0 Å². The summed E-state index contributed by atoms with van der Waals surface area (Å²) in [6.07, 6.45) is 5.60. The van der Waals surface area contributed by atoms with Crippen LogP contribution in [0.2, 0.25) is 0 Å². The van der Waals surface area contributed by atoms with Crippen molar-refractivity contribution in [2.45, 2.75) is 92.2 Å². The van der Waals surface area contributed by atoms with Crippen LogP contribution in [0, 0.1) is 22.7 Å². The molecule has 0 spiro atoms. The van der Waals surface area contributed by atoms with E-state index in [1.54, 1.807) is 0 Å². The zero-order chi connectivity index (χ0) is 20.1. The summed E-state index contributed by atoms with van der Waals surface area (Å²) in [7, 11) is 0. The molecular weight excluding hydrogens is 340 g/mol. The first-order valence-electron chi connectivity index (χ1n) is 10.5. The molecule has 0 aromatic carbocycles. The Kier molecular flexibility index (Phi) is 5.11. The van der Waals surface area contributed by atoms with E-state index in [0.717, 1.165) is 38.5 Å². The molecule has 5 heteroatoms. The highest BCUT2D eigenvalue weighted by molar-refractivity contribution is 5.11. The van der Waals surface area contributed by atoms with Crippen molar-refractivity contribution in [1.29, 1.82) is 0 Å². The van der Waals surface area contributed by atoms with E-state index in [1.807, 2.05) is 0 Å². The average Bonchev–Trinajstić information content (AvgIpc) is 2.41. The molecule has 1 aromatic rings. The molecule has 2 aliphatic carbocycles. The van der Waals surface area contributed by atoms with Gasteiger partial charge < -0.3 is 5.11 Å². The normalized spacial score (nSPS) is 33.0. The lowest BCUT2D eigenvalue weighted by Gasteiger charge is -2.41. The molecule has 1 aromatic heterocycles. The van der Waals surface area contributed by atoms with Crippen LogP contribution in [-0.2, 0) is 0 Å². The highest BCUT2D eigenvalue weighted by Crippen LogP contribution is 2.45. The molecule has 0 bridgehead atoms. The molecule has 2 saturated carbocycles. The zero-order valence-electron chi connectivity index (χ0n) is 17.8. The van der Waals surface area contributed by atoms with Crippen LogP contribution in [0.4, 0.5) is 0 Å². The molecule has 1 heterocycles. The van der Waals surface area contributed by atoms with E-state index in [-0.39, 0.29) is 40.0 Å². The molecule has 3 rings (SSSR count). The van der Waals surface area contributed by atoms with Gasteiger partial charge in [-0.3, -0.25) is 13.9 Å². The summed E-state index contributed by atoms with van der Waals surface area (Å²) >= 11 is 0. The summed E-state index contributed by atoms with van der Waals surface area (Å²) in [5, 5.41) is 10.5. The quantitative estimate of drug-likeness (QED) is 0.827. The van der Waals surface area contributed by atoms with Crippen LogP contribution < -0.4 is 11.2 Å². The van der Waals surface area contributed by atoms with Gasteiger partial charge in [0.15, 0.2) is 0 Å². The van der Waals surface area contributed by atoms with Crippen LogP contribution >= 0.6 is 0 Å². The minimum Gasteiger partial charge on any atom is -0.494 e. The van der Waals surface area contributed by atoms with E-state index in [9.17, 15) is 14.7 Å². The SMILES string of the molecule is CC1CC(n2c(O)cc(=O)n(C3CC(C)CC(C)(C)C3)c2=O)CC(C)(C)C1. The first kappa shape index (κ1) is 20.2. The van der Waals surface area contributed by atoms with Crippen LogP contribution in [0.15, 0.2) is 15.7 Å². The predicted octanol–water partition coefficient (Wildman–Crippen LogP) is 4.49. The number of rotatable bonds is 2. The fourth-order valence-corrected chi connectivity index (χ4v) is 6.22. The fourth-order valence-electron chi connectivity index (χ4n) is 6.22. The summed E-state index contributed by atoms with van der Waals surface area (Å²) in [6, 6.07) is 1.10. The van der Waals surface area contributed by atoms with Gasteiger partial charge in [-0.25, -0.2) is 4.79 Å². The highest BCUT2D eigenvalue weighted by atomic mass is 16.3. The molecule has 0 saturated heterocycles. The van der Waals surface area contributed by atoms with E-state index in [1.165, 1.54) is 15.2 Å². The Morgan fingerprint density at radius 3 is 1.74 bits per heavy atom. The third-order valence-electron chi connectivity index (χ3n) is 6.61. The molecule has 4 atom stereocenters. The van der Waals surface area contributed by atoms with Crippen molar-refractivity contribution < 1.29 is 5.11 Å². The third kappa shape index (κ3) is 4.17. The van der Waals surface area contributed by atoms with Crippen LogP contribution in [0.25, 0.3) is 0 Å². The van der Waals surface area contributed by atoms with Gasteiger partial charge in [0.05, 0.1) is 6.07 Å². The van der Waals surface area contributed by atoms with E-state index in [4.69, 9.17) is 0 Å². The van der Waals surface area contributed by atoms with Crippen LogP contribution in [0.5, 0.6) is 5.88 Å². The van der Waals surface area contributed by atoms with Gasteiger partial charge in [-0.15, -0.1) is 0 Å². The lowest BCUT2D eigenvalue weighted by atomic mass is 9.70. The van der Waals surface area contributed by atoms with E-state index >= 15 is 0 Å². The summed E-state index contributed by atoms with van der Waals surface area (Å²) in [5.41, 5.74) is -0.467. The van der Waals surface area contributed by atoms with E-state index in [0.29, 0.717) is 11.8 Å². The summed E-state index contributed by atoms with van der Waals surface area (Å²) in [6.45, 7) is 13.3. The van der Waals surface area contributed by atoms with Gasteiger partial charge in [-0.1, -0.05) is 41.5 Å². The van der Waals surface area contributed by atoms with Crippen molar-refractivity contribution in [2.75, 3.05) is 0 Å². The van der Waals surface area contributed by atoms with Gasteiger partial charge in [0.2, 0.25) is 5.88 Å². The summed E-state index contributed by atoms with van der Waals surface area (Å²) in [4.78, 5) is 26.1. The molecule has 4 unspecified atom stereocenters. The fraction of sp³-hybridized carbons (Fsp3) is 0.818. The molecule has 27 heavy (non-hydrogen) atoms. The smallest absolute Gasteiger partial charge is 0.334 e. The second-order valence-corrected chi connectivity index (χ2v) is 11.0. The van der Waals surface area contributed by atoms with Gasteiger partial charge in [-0.2, -0.15) is 0 Å². The first-order chi connectivity index (χ1) is 12.4. The molecule has 0 aliphatic heterocycles. The topological polar surface area (TPSA) is 64.2 Å². The average molecular weight is 377 g/mol. The molecule has 0 amide bonds. The maximum atomic E-state index is 13.4. The number of hydrogen-bond donors (Lipinski definition) is 1. The number of nitrogens with zero attached hydrogens (tertiary/aromatic N) is 2. The maximum absolute atomic E-state index is 13.4. The zero-order valence-corrected chi connectivity index (χ0v) is 17.8. The molecular formula is C22H36N2O3. The molecule has 2 fully saturated rings. The Labute approximate surface area is 162 Å². The van der Waals surface area contributed by atoms with E-state index in [2.05, 4.69) is 41.5 Å². The number of hydrogen-bond acceptors (Lipinski definition) is 3. The number of aromatic nitrogens is 2. The van der Waals surface area contributed by atoms with Crippen molar-refractivity contribution >= 4 is 0 Å². The maximum Gasteiger partial charge on any atom is 0.334 e. The monoisotopic (exact) mass is 376 g/mol. The molecule has 152 valence electrons. The van der Waals surface area contributed by atoms with Gasteiger partial charge in [-0.05, 0) is 61.2 Å². The standard InChI is InChI=1S/C22H36N2O3/c1-14-7-16(12-21(3,4)10-14)23-18(25)9-19(26)24(20(23)27)17-8-15(2)11-22(5,6)13-17/h9,14-17,25H,7-8,10-13H2,1-6H3. The lowest BCUT2D eigenvalue weighted by Crippen LogP contribution is -2.46. The van der Waals surface area contributed by atoms with Crippen LogP contribution in [0.3, 0.4) is 0 Å². The summed E-state index contributed by atoms with van der Waals surface area (Å²) in [5.74, 6) is 0.777. The Hall–Kier alpha value is -1.52. The molecule has 0 radical (unpaired) electrons. The Morgan fingerprint density at radius 2 is 1.30 bits per heavy atom.